The van der Waals surface area contributed by atoms with Crippen LogP contribution in [0.15, 0.2) is 22.7 Å². The summed E-state index contributed by atoms with van der Waals surface area (Å²) in [6.45, 7) is 10.1. The first-order valence-electron chi connectivity index (χ1n) is 7.00. The molecule has 116 valence electrons. The minimum atomic E-state index is -0.298. The van der Waals surface area contributed by atoms with Crippen molar-refractivity contribution in [2.24, 2.45) is 0 Å². The van der Waals surface area contributed by atoms with Crippen molar-refractivity contribution in [3.63, 3.8) is 0 Å². The third-order valence-electron chi connectivity index (χ3n) is 2.92. The second-order valence-corrected chi connectivity index (χ2v) is 6.94. The third kappa shape index (κ3) is 5.50. The Morgan fingerprint density at radius 2 is 1.90 bits per heavy atom. The number of aryl methyl sites for hydroxylation is 1. The summed E-state index contributed by atoms with van der Waals surface area (Å²) in [5.74, 6) is -0.274. The minimum absolute atomic E-state index is 0.0711. The van der Waals surface area contributed by atoms with Crippen LogP contribution < -0.4 is 5.32 Å². The maximum atomic E-state index is 12.5. The van der Waals surface area contributed by atoms with E-state index in [2.05, 4.69) is 21.2 Å². The lowest BCUT2D eigenvalue weighted by Crippen LogP contribution is -2.47. The minimum Gasteiger partial charge on any atom is -0.350 e. The van der Waals surface area contributed by atoms with Gasteiger partial charge in [-0.15, -0.1) is 0 Å². The molecule has 1 N–H and O–H groups in total. The summed E-state index contributed by atoms with van der Waals surface area (Å²) in [5.41, 5.74) is 1.30. The lowest BCUT2D eigenvalue weighted by atomic mass is 10.1. The van der Waals surface area contributed by atoms with Crippen molar-refractivity contribution in [3.8, 4) is 0 Å². The van der Waals surface area contributed by atoms with Gasteiger partial charge in [0.1, 0.15) is 0 Å². The van der Waals surface area contributed by atoms with Crippen LogP contribution in [0.2, 0.25) is 0 Å². The molecule has 0 radical (unpaired) electrons. The van der Waals surface area contributed by atoms with Crippen molar-refractivity contribution in [2.75, 3.05) is 13.1 Å². The highest BCUT2D eigenvalue weighted by atomic mass is 79.9. The number of amides is 2. The Bertz CT molecular complexity index is 536. The van der Waals surface area contributed by atoms with Gasteiger partial charge in [-0.1, -0.05) is 15.9 Å². The maximum Gasteiger partial charge on any atom is 0.254 e. The van der Waals surface area contributed by atoms with Crippen LogP contribution >= 0.6 is 15.9 Å². The average Bonchev–Trinajstić information content (AvgIpc) is 2.36. The van der Waals surface area contributed by atoms with Crippen molar-refractivity contribution in [3.05, 3.63) is 33.8 Å². The van der Waals surface area contributed by atoms with Gasteiger partial charge in [-0.25, -0.2) is 0 Å². The van der Waals surface area contributed by atoms with E-state index in [1.165, 1.54) is 0 Å². The zero-order valence-electron chi connectivity index (χ0n) is 13.3. The molecule has 0 unspecified atom stereocenters. The summed E-state index contributed by atoms with van der Waals surface area (Å²) in [4.78, 5) is 26.0. The second-order valence-electron chi connectivity index (χ2n) is 6.08. The second kappa shape index (κ2) is 7.07. The summed E-state index contributed by atoms with van der Waals surface area (Å²) in [6.07, 6.45) is 0. The fourth-order valence-corrected chi connectivity index (χ4v) is 2.17. The highest BCUT2D eigenvalue weighted by Crippen LogP contribution is 2.18. The Morgan fingerprint density at radius 1 is 1.29 bits per heavy atom. The Morgan fingerprint density at radius 3 is 2.38 bits per heavy atom. The molecule has 0 bridgehead atoms. The lowest BCUT2D eigenvalue weighted by molar-refractivity contribution is -0.123. The highest BCUT2D eigenvalue weighted by Gasteiger charge is 2.20. The summed E-state index contributed by atoms with van der Waals surface area (Å²) in [6, 6.07) is 5.45. The molecule has 0 aliphatic heterocycles. The predicted molar refractivity (Wildman–Crippen MR) is 88.4 cm³/mol. The van der Waals surface area contributed by atoms with Crippen LogP contribution in [0.5, 0.6) is 0 Å². The molecule has 0 aliphatic rings. The number of nitrogens with one attached hydrogen (secondary N) is 1. The van der Waals surface area contributed by atoms with Gasteiger partial charge in [0.15, 0.2) is 0 Å². The first-order valence-corrected chi connectivity index (χ1v) is 7.79. The molecule has 0 fully saturated rings. The molecule has 5 heteroatoms. The molecule has 0 aliphatic carbocycles. The molecule has 0 spiro atoms. The number of hydrogen-bond acceptors (Lipinski definition) is 2. The van der Waals surface area contributed by atoms with Crippen LogP contribution in [0.25, 0.3) is 0 Å². The van der Waals surface area contributed by atoms with E-state index in [1.807, 2.05) is 46.8 Å². The molecule has 1 aromatic carbocycles. The molecule has 2 amide bonds. The number of hydrogen-bond donors (Lipinski definition) is 1. The van der Waals surface area contributed by atoms with Gasteiger partial charge in [0.05, 0.1) is 6.54 Å². The Kier molecular flexibility index (Phi) is 5.96. The van der Waals surface area contributed by atoms with E-state index in [0.29, 0.717) is 12.1 Å². The Labute approximate surface area is 135 Å². The van der Waals surface area contributed by atoms with Crippen LogP contribution in [0, 0.1) is 6.92 Å². The van der Waals surface area contributed by atoms with E-state index in [0.717, 1.165) is 10.0 Å². The number of benzene rings is 1. The fraction of sp³-hybridized carbons (Fsp3) is 0.500. The molecule has 21 heavy (non-hydrogen) atoms. The molecule has 1 aromatic rings. The van der Waals surface area contributed by atoms with Crippen molar-refractivity contribution in [2.45, 2.75) is 40.2 Å². The summed E-state index contributed by atoms with van der Waals surface area (Å²) < 4.78 is 0.965. The zero-order chi connectivity index (χ0) is 16.2. The molecular weight excluding hydrogens is 332 g/mol. The molecule has 0 heterocycles. The van der Waals surface area contributed by atoms with E-state index in [1.54, 1.807) is 11.0 Å². The van der Waals surface area contributed by atoms with Crippen molar-refractivity contribution in [1.82, 2.24) is 10.2 Å². The molecule has 0 saturated heterocycles. The number of carbonyl (C=O) groups excluding carboxylic acids is 2. The van der Waals surface area contributed by atoms with Crippen LogP contribution in [0.3, 0.4) is 0 Å². The van der Waals surface area contributed by atoms with Crippen LogP contribution in [0.1, 0.15) is 43.6 Å². The summed E-state index contributed by atoms with van der Waals surface area (Å²) >= 11 is 3.42. The highest BCUT2D eigenvalue weighted by molar-refractivity contribution is 9.10. The lowest BCUT2D eigenvalue weighted by Gasteiger charge is -2.25. The van der Waals surface area contributed by atoms with Crippen molar-refractivity contribution < 1.29 is 9.59 Å². The number of carbonyl (C=O) groups is 2. The fourth-order valence-electron chi connectivity index (χ4n) is 1.92. The first kappa shape index (κ1) is 17.7. The number of rotatable bonds is 4. The van der Waals surface area contributed by atoms with Gasteiger partial charge in [-0.2, -0.15) is 0 Å². The topological polar surface area (TPSA) is 49.4 Å². The van der Waals surface area contributed by atoms with Crippen molar-refractivity contribution >= 4 is 27.7 Å². The average molecular weight is 355 g/mol. The van der Waals surface area contributed by atoms with Gasteiger partial charge in [0, 0.05) is 22.1 Å². The van der Waals surface area contributed by atoms with Crippen LogP contribution in [0.4, 0.5) is 0 Å². The number of likely N-dealkylation sites (N-methyl/N-ethyl adjacent to an activating group) is 1. The van der Waals surface area contributed by atoms with E-state index in [9.17, 15) is 9.59 Å². The molecule has 0 aromatic heterocycles. The third-order valence-corrected chi connectivity index (χ3v) is 3.81. The Hall–Kier alpha value is -1.36. The molecule has 4 nitrogen and oxygen atoms in total. The van der Waals surface area contributed by atoms with Gasteiger partial charge >= 0.3 is 0 Å². The van der Waals surface area contributed by atoms with Crippen LogP contribution in [-0.4, -0.2) is 35.3 Å². The van der Waals surface area contributed by atoms with Gasteiger partial charge in [0.25, 0.3) is 5.91 Å². The molecule has 1 rings (SSSR count). The molecular formula is C16H23BrN2O2. The summed E-state index contributed by atoms with van der Waals surface area (Å²) in [7, 11) is 0. The van der Waals surface area contributed by atoms with E-state index in [4.69, 9.17) is 0 Å². The smallest absolute Gasteiger partial charge is 0.254 e. The summed E-state index contributed by atoms with van der Waals surface area (Å²) in [5, 5.41) is 2.87. The van der Waals surface area contributed by atoms with Crippen LogP contribution in [-0.2, 0) is 4.79 Å². The SMILES string of the molecule is CCN(CC(=O)NC(C)(C)C)C(=O)c1ccc(Br)c(C)c1. The normalized spacial score (nSPS) is 11.1. The van der Waals surface area contributed by atoms with Crippen molar-refractivity contribution in [1.29, 1.82) is 0 Å². The monoisotopic (exact) mass is 354 g/mol. The standard InChI is InChI=1S/C16H23BrN2O2/c1-6-19(10-14(20)18-16(3,4)5)15(21)12-7-8-13(17)11(2)9-12/h7-9H,6,10H2,1-5H3,(H,18,20). The first-order chi connectivity index (χ1) is 9.64. The van der Waals surface area contributed by atoms with Gasteiger partial charge in [-0.3, -0.25) is 9.59 Å². The quantitative estimate of drug-likeness (QED) is 0.902. The Balaban J connectivity index is 2.82. The van der Waals surface area contributed by atoms with Gasteiger partial charge < -0.3 is 10.2 Å². The molecule has 0 atom stereocenters. The van der Waals surface area contributed by atoms with Gasteiger partial charge in [0.2, 0.25) is 5.91 Å². The number of halogens is 1. The van der Waals surface area contributed by atoms with Gasteiger partial charge in [-0.05, 0) is 58.4 Å². The van der Waals surface area contributed by atoms with E-state index >= 15 is 0 Å². The number of nitrogens with zero attached hydrogens (tertiary/aromatic N) is 1. The molecule has 0 saturated carbocycles. The van der Waals surface area contributed by atoms with E-state index in [-0.39, 0.29) is 23.9 Å². The zero-order valence-corrected chi connectivity index (χ0v) is 14.9. The maximum absolute atomic E-state index is 12.5. The van der Waals surface area contributed by atoms with E-state index < -0.39 is 0 Å². The predicted octanol–water partition coefficient (Wildman–Crippen LogP) is 3.13. The largest absolute Gasteiger partial charge is 0.350 e.